The van der Waals surface area contributed by atoms with Crippen LogP contribution in [0.3, 0.4) is 0 Å². The largest absolute Gasteiger partial charge is 0.463 e. The minimum atomic E-state index is -0.586. The first kappa shape index (κ1) is 21.9. The van der Waals surface area contributed by atoms with E-state index in [1.54, 1.807) is 19.1 Å². The highest BCUT2D eigenvalue weighted by Crippen LogP contribution is 2.31. The summed E-state index contributed by atoms with van der Waals surface area (Å²) in [5, 5.41) is 2.57. The first-order valence-electron chi connectivity index (χ1n) is 9.22. The van der Waals surface area contributed by atoms with Crippen LogP contribution in [0.4, 0.5) is 0 Å². The third-order valence-electron chi connectivity index (χ3n) is 3.89. The molecule has 6 nitrogen and oxygen atoms in total. The predicted molar refractivity (Wildman–Crippen MR) is 112 cm³/mol. The van der Waals surface area contributed by atoms with Crippen molar-refractivity contribution in [2.24, 2.45) is 0 Å². The van der Waals surface area contributed by atoms with Crippen LogP contribution in [0.2, 0.25) is 0 Å². The zero-order valence-electron chi connectivity index (χ0n) is 16.8. The molecule has 1 heterocycles. The van der Waals surface area contributed by atoms with Gasteiger partial charge in [0.2, 0.25) is 5.76 Å². The van der Waals surface area contributed by atoms with Crippen molar-refractivity contribution >= 4 is 24.3 Å². The van der Waals surface area contributed by atoms with Gasteiger partial charge in [-0.2, -0.15) is 0 Å². The number of carbonyl (C=O) groups is 2. The van der Waals surface area contributed by atoms with E-state index in [0.717, 1.165) is 12.0 Å². The maximum atomic E-state index is 12.8. The average molecular weight is 395 g/mol. The molecule has 1 aromatic heterocycles. The number of ether oxygens (including phenoxy) is 2. The Labute approximate surface area is 170 Å². The quantitative estimate of drug-likeness (QED) is 0.277. The molecule has 0 atom stereocenters. The standard InChI is InChI=1S/C23H25NO5/c1-4-5-6-10-13-20-17(2)21(28-16-27-3)22(29-20)23(26)24-19(15-25)14-18-11-8-7-9-12-18/h5-15H,4,16H2,1-3H3,(H,24,26)/b6-5+,13-10+,19-14-. The molecule has 0 aliphatic heterocycles. The van der Waals surface area contributed by atoms with Gasteiger partial charge in [-0.15, -0.1) is 0 Å². The number of allylic oxidation sites excluding steroid dienone is 4. The minimum absolute atomic E-state index is 0.0283. The second-order valence-electron chi connectivity index (χ2n) is 6.08. The number of rotatable bonds is 10. The number of benzene rings is 1. The van der Waals surface area contributed by atoms with E-state index < -0.39 is 5.91 Å². The van der Waals surface area contributed by atoms with Crippen molar-refractivity contribution in [1.29, 1.82) is 0 Å². The van der Waals surface area contributed by atoms with Gasteiger partial charge in [0.1, 0.15) is 5.76 Å². The van der Waals surface area contributed by atoms with Crippen LogP contribution in [0.1, 0.15) is 40.8 Å². The first-order chi connectivity index (χ1) is 14.1. The van der Waals surface area contributed by atoms with Gasteiger partial charge in [-0.3, -0.25) is 9.59 Å². The fraction of sp³-hybridized carbons (Fsp3) is 0.217. The van der Waals surface area contributed by atoms with E-state index >= 15 is 0 Å². The summed E-state index contributed by atoms with van der Waals surface area (Å²) in [6.07, 6.45) is 10.5. The lowest BCUT2D eigenvalue weighted by atomic mass is 10.2. The topological polar surface area (TPSA) is 77.8 Å². The molecule has 0 aliphatic carbocycles. The van der Waals surface area contributed by atoms with Crippen molar-refractivity contribution in [3.05, 3.63) is 76.9 Å². The highest BCUT2D eigenvalue weighted by molar-refractivity contribution is 6.00. The Kier molecular flexibility index (Phi) is 8.66. The Bertz CT molecular complexity index is 907. The molecule has 2 aromatic rings. The van der Waals surface area contributed by atoms with Gasteiger partial charge in [0.05, 0.1) is 5.70 Å². The molecule has 152 valence electrons. The lowest BCUT2D eigenvalue weighted by molar-refractivity contribution is -0.105. The second-order valence-corrected chi connectivity index (χ2v) is 6.08. The highest BCUT2D eigenvalue weighted by Gasteiger charge is 2.24. The molecule has 1 aromatic carbocycles. The van der Waals surface area contributed by atoms with Crippen molar-refractivity contribution < 1.29 is 23.5 Å². The summed E-state index contributed by atoms with van der Waals surface area (Å²) in [5.74, 6) is 0.145. The second kappa shape index (κ2) is 11.5. The summed E-state index contributed by atoms with van der Waals surface area (Å²) in [7, 11) is 1.48. The van der Waals surface area contributed by atoms with Crippen LogP contribution in [0, 0.1) is 6.92 Å². The molecule has 0 aliphatic rings. The molecule has 0 saturated carbocycles. The smallest absolute Gasteiger partial charge is 0.295 e. The van der Waals surface area contributed by atoms with Gasteiger partial charge in [-0.25, -0.2) is 0 Å². The van der Waals surface area contributed by atoms with Gasteiger partial charge in [-0.1, -0.05) is 55.5 Å². The molecule has 0 saturated heterocycles. The van der Waals surface area contributed by atoms with Crippen molar-refractivity contribution in [2.45, 2.75) is 20.3 Å². The summed E-state index contributed by atoms with van der Waals surface area (Å²) >= 11 is 0. The van der Waals surface area contributed by atoms with Crippen LogP contribution in [-0.2, 0) is 9.53 Å². The molecule has 1 amide bonds. The van der Waals surface area contributed by atoms with Crippen molar-refractivity contribution in [2.75, 3.05) is 13.9 Å². The fourth-order valence-corrected chi connectivity index (χ4v) is 2.49. The first-order valence-corrected chi connectivity index (χ1v) is 9.22. The monoisotopic (exact) mass is 395 g/mol. The lowest BCUT2D eigenvalue weighted by Crippen LogP contribution is -2.23. The Balaban J connectivity index is 2.31. The zero-order chi connectivity index (χ0) is 21.1. The molecular formula is C23H25NO5. The van der Waals surface area contributed by atoms with Gasteiger partial charge in [0.15, 0.2) is 18.8 Å². The summed E-state index contributed by atoms with van der Waals surface area (Å²) in [6.45, 7) is 3.78. The van der Waals surface area contributed by atoms with E-state index in [1.165, 1.54) is 7.11 Å². The third kappa shape index (κ3) is 6.33. The lowest BCUT2D eigenvalue weighted by Gasteiger charge is -2.07. The summed E-state index contributed by atoms with van der Waals surface area (Å²) in [5.41, 5.74) is 1.55. The Hall–Kier alpha value is -3.38. The van der Waals surface area contributed by atoms with Gasteiger partial charge in [0.25, 0.3) is 5.91 Å². The predicted octanol–water partition coefficient (Wildman–Crippen LogP) is 4.52. The van der Waals surface area contributed by atoms with Crippen molar-refractivity contribution in [3.63, 3.8) is 0 Å². The van der Waals surface area contributed by atoms with Gasteiger partial charge >= 0.3 is 0 Å². The maximum Gasteiger partial charge on any atom is 0.295 e. The third-order valence-corrected chi connectivity index (χ3v) is 3.89. The molecule has 0 bridgehead atoms. The summed E-state index contributed by atoms with van der Waals surface area (Å²) in [6, 6.07) is 9.20. The maximum absolute atomic E-state index is 12.8. The SMILES string of the molecule is CC/C=C/C=C/c1oc(C(=O)N/C(C=O)=C\c2ccccc2)c(OCOC)c1C. The summed E-state index contributed by atoms with van der Waals surface area (Å²) in [4.78, 5) is 24.2. The number of aldehydes is 1. The number of amides is 1. The molecular weight excluding hydrogens is 370 g/mol. The fourth-order valence-electron chi connectivity index (χ4n) is 2.49. The number of methoxy groups -OCH3 is 1. The number of hydrogen-bond donors (Lipinski definition) is 1. The normalized spacial score (nSPS) is 11.9. The van der Waals surface area contributed by atoms with Crippen LogP contribution >= 0.6 is 0 Å². The van der Waals surface area contributed by atoms with E-state index in [2.05, 4.69) is 5.32 Å². The average Bonchev–Trinajstić information content (AvgIpc) is 3.05. The molecule has 2 rings (SSSR count). The Morgan fingerprint density at radius 2 is 1.97 bits per heavy atom. The zero-order valence-corrected chi connectivity index (χ0v) is 16.8. The van der Waals surface area contributed by atoms with Crippen molar-refractivity contribution in [1.82, 2.24) is 5.32 Å². The highest BCUT2D eigenvalue weighted by atomic mass is 16.7. The van der Waals surface area contributed by atoms with Crippen LogP contribution in [-0.4, -0.2) is 26.1 Å². The molecule has 6 heteroatoms. The number of furan rings is 1. The molecule has 0 fully saturated rings. The van der Waals surface area contributed by atoms with Crippen LogP contribution < -0.4 is 10.1 Å². The van der Waals surface area contributed by atoms with Gasteiger partial charge in [0, 0.05) is 12.7 Å². The van der Waals surface area contributed by atoms with Gasteiger partial charge < -0.3 is 19.2 Å². The Morgan fingerprint density at radius 1 is 1.21 bits per heavy atom. The molecule has 29 heavy (non-hydrogen) atoms. The van der Waals surface area contributed by atoms with Crippen LogP contribution in [0.15, 0.2) is 58.7 Å². The van der Waals surface area contributed by atoms with Crippen molar-refractivity contribution in [3.8, 4) is 5.75 Å². The molecule has 0 unspecified atom stereocenters. The van der Waals surface area contributed by atoms with E-state index in [0.29, 0.717) is 17.6 Å². The van der Waals surface area contributed by atoms with Crippen LogP contribution in [0.5, 0.6) is 5.75 Å². The van der Waals surface area contributed by atoms with Gasteiger partial charge in [-0.05, 0) is 31.1 Å². The molecule has 0 radical (unpaired) electrons. The Morgan fingerprint density at radius 3 is 2.62 bits per heavy atom. The van der Waals surface area contributed by atoms with E-state index in [-0.39, 0.29) is 24.0 Å². The van der Waals surface area contributed by atoms with E-state index in [4.69, 9.17) is 13.9 Å². The van der Waals surface area contributed by atoms with Crippen LogP contribution in [0.25, 0.3) is 12.2 Å². The number of nitrogens with one attached hydrogen (secondary N) is 1. The molecule has 0 spiro atoms. The van der Waals surface area contributed by atoms with E-state index in [1.807, 2.05) is 55.5 Å². The molecule has 1 N–H and O–H groups in total. The number of carbonyl (C=O) groups excluding carboxylic acids is 2. The number of hydrogen-bond acceptors (Lipinski definition) is 5. The minimum Gasteiger partial charge on any atom is -0.463 e. The van der Waals surface area contributed by atoms with E-state index in [9.17, 15) is 9.59 Å². The summed E-state index contributed by atoms with van der Waals surface area (Å²) < 4.78 is 16.2.